The molecule has 2 rings (SSSR count). The van der Waals surface area contributed by atoms with E-state index in [1.54, 1.807) is 12.1 Å². The number of nitro groups is 1. The van der Waals surface area contributed by atoms with Crippen LogP contribution in [0, 0.1) is 10.1 Å². The molecule has 0 bridgehead atoms. The van der Waals surface area contributed by atoms with Gasteiger partial charge in [0.15, 0.2) is 0 Å². The van der Waals surface area contributed by atoms with Crippen LogP contribution in [0.4, 0.5) is 5.69 Å². The topological polar surface area (TPSA) is 75.6 Å². The Bertz CT molecular complexity index is 444. The van der Waals surface area contributed by atoms with Crippen molar-refractivity contribution in [2.75, 3.05) is 39.8 Å². The van der Waals surface area contributed by atoms with Gasteiger partial charge in [0.1, 0.15) is 0 Å². The van der Waals surface area contributed by atoms with E-state index in [1.165, 1.54) is 0 Å². The van der Waals surface area contributed by atoms with Crippen molar-refractivity contribution in [1.82, 2.24) is 9.80 Å². The van der Waals surface area contributed by atoms with Gasteiger partial charge in [0.25, 0.3) is 5.69 Å². The molecule has 1 fully saturated rings. The van der Waals surface area contributed by atoms with Gasteiger partial charge < -0.3 is 10.6 Å². The lowest BCUT2D eigenvalue weighted by Gasteiger charge is -2.37. The molecule has 1 aliphatic rings. The summed E-state index contributed by atoms with van der Waals surface area (Å²) in [6.07, 6.45) is 0. The standard InChI is InChI=1S/C13H20N4O2/c1-15-6-8-16(9-7-15)13(10-14)11-4-2-3-5-12(11)17(18)19/h2-5,13H,6-10,14H2,1H3. The Morgan fingerprint density at radius 1 is 1.32 bits per heavy atom. The number of nitrogens with zero attached hydrogens (tertiary/aromatic N) is 3. The second-order valence-electron chi connectivity index (χ2n) is 4.91. The molecule has 1 atom stereocenters. The first-order valence-electron chi connectivity index (χ1n) is 6.49. The minimum atomic E-state index is -0.325. The molecule has 6 heteroatoms. The van der Waals surface area contributed by atoms with Crippen molar-refractivity contribution < 1.29 is 4.92 Å². The van der Waals surface area contributed by atoms with E-state index >= 15 is 0 Å². The molecule has 2 N–H and O–H groups in total. The predicted molar refractivity (Wildman–Crippen MR) is 74.0 cm³/mol. The minimum Gasteiger partial charge on any atom is -0.329 e. The number of nitrogens with two attached hydrogens (primary N) is 1. The molecule has 1 aromatic rings. The van der Waals surface area contributed by atoms with Gasteiger partial charge in [-0.25, -0.2) is 0 Å². The van der Waals surface area contributed by atoms with Crippen LogP contribution in [0.3, 0.4) is 0 Å². The van der Waals surface area contributed by atoms with Crippen molar-refractivity contribution in [3.63, 3.8) is 0 Å². The Labute approximate surface area is 112 Å². The average molecular weight is 264 g/mol. The Balaban J connectivity index is 2.24. The van der Waals surface area contributed by atoms with E-state index in [0.717, 1.165) is 31.7 Å². The molecule has 0 saturated carbocycles. The van der Waals surface area contributed by atoms with Crippen LogP contribution in [-0.2, 0) is 0 Å². The first kappa shape index (κ1) is 13.9. The molecule has 19 heavy (non-hydrogen) atoms. The molecular formula is C13H20N4O2. The number of rotatable bonds is 4. The van der Waals surface area contributed by atoms with E-state index in [4.69, 9.17) is 5.73 Å². The van der Waals surface area contributed by atoms with Crippen LogP contribution in [0.1, 0.15) is 11.6 Å². The summed E-state index contributed by atoms with van der Waals surface area (Å²) < 4.78 is 0. The van der Waals surface area contributed by atoms with Gasteiger partial charge in [0.2, 0.25) is 0 Å². The zero-order valence-corrected chi connectivity index (χ0v) is 11.2. The summed E-state index contributed by atoms with van der Waals surface area (Å²) in [6, 6.07) is 6.82. The van der Waals surface area contributed by atoms with Crippen LogP contribution in [0.25, 0.3) is 0 Å². The number of likely N-dealkylation sites (N-methyl/N-ethyl adjacent to an activating group) is 1. The fourth-order valence-electron chi connectivity index (χ4n) is 2.54. The molecule has 1 aliphatic heterocycles. The van der Waals surface area contributed by atoms with Crippen LogP contribution < -0.4 is 5.73 Å². The lowest BCUT2D eigenvalue weighted by Crippen LogP contribution is -2.47. The molecule has 1 unspecified atom stereocenters. The third kappa shape index (κ3) is 3.09. The third-order valence-corrected chi connectivity index (χ3v) is 3.69. The molecule has 0 aromatic heterocycles. The van der Waals surface area contributed by atoms with E-state index in [-0.39, 0.29) is 16.7 Å². The summed E-state index contributed by atoms with van der Waals surface area (Å²) in [5.74, 6) is 0. The highest BCUT2D eigenvalue weighted by atomic mass is 16.6. The van der Waals surface area contributed by atoms with Gasteiger partial charge >= 0.3 is 0 Å². The maximum Gasteiger partial charge on any atom is 0.274 e. The molecule has 0 aliphatic carbocycles. The average Bonchev–Trinajstić information content (AvgIpc) is 2.42. The monoisotopic (exact) mass is 264 g/mol. The number of piperazine rings is 1. The summed E-state index contributed by atoms with van der Waals surface area (Å²) in [5.41, 5.74) is 6.75. The molecular weight excluding hydrogens is 244 g/mol. The van der Waals surface area contributed by atoms with E-state index in [1.807, 2.05) is 12.1 Å². The van der Waals surface area contributed by atoms with Crippen molar-refractivity contribution in [2.45, 2.75) is 6.04 Å². The number of hydrogen-bond acceptors (Lipinski definition) is 5. The lowest BCUT2D eigenvalue weighted by molar-refractivity contribution is -0.386. The fourth-order valence-corrected chi connectivity index (χ4v) is 2.54. The summed E-state index contributed by atoms with van der Waals surface area (Å²) in [6.45, 7) is 4.12. The van der Waals surface area contributed by atoms with Crippen LogP contribution >= 0.6 is 0 Å². The zero-order valence-electron chi connectivity index (χ0n) is 11.2. The zero-order chi connectivity index (χ0) is 13.8. The van der Waals surface area contributed by atoms with Crippen molar-refractivity contribution in [3.8, 4) is 0 Å². The molecule has 104 valence electrons. The third-order valence-electron chi connectivity index (χ3n) is 3.69. The fraction of sp³-hybridized carbons (Fsp3) is 0.538. The number of para-hydroxylation sites is 1. The molecule has 0 amide bonds. The first-order valence-corrected chi connectivity index (χ1v) is 6.49. The molecule has 1 aromatic carbocycles. The van der Waals surface area contributed by atoms with Crippen molar-refractivity contribution in [2.24, 2.45) is 5.73 Å². The molecule has 6 nitrogen and oxygen atoms in total. The Morgan fingerprint density at radius 2 is 1.95 bits per heavy atom. The molecule has 1 heterocycles. The summed E-state index contributed by atoms with van der Waals surface area (Å²) >= 11 is 0. The normalized spacial score (nSPS) is 19.3. The van der Waals surface area contributed by atoms with Crippen molar-refractivity contribution in [1.29, 1.82) is 0 Å². The highest BCUT2D eigenvalue weighted by molar-refractivity contribution is 5.42. The molecule has 0 spiro atoms. The SMILES string of the molecule is CN1CCN(C(CN)c2ccccc2[N+](=O)[O-])CC1. The van der Waals surface area contributed by atoms with Gasteiger partial charge in [-0.2, -0.15) is 0 Å². The van der Waals surface area contributed by atoms with E-state index < -0.39 is 0 Å². The highest BCUT2D eigenvalue weighted by Crippen LogP contribution is 2.28. The Kier molecular flexibility index (Phi) is 4.47. The van der Waals surface area contributed by atoms with Gasteiger partial charge in [-0.15, -0.1) is 0 Å². The van der Waals surface area contributed by atoms with E-state index in [0.29, 0.717) is 6.54 Å². The highest BCUT2D eigenvalue weighted by Gasteiger charge is 2.27. The maximum absolute atomic E-state index is 11.1. The van der Waals surface area contributed by atoms with Gasteiger partial charge in [0, 0.05) is 44.4 Å². The van der Waals surface area contributed by atoms with Crippen molar-refractivity contribution in [3.05, 3.63) is 39.9 Å². The smallest absolute Gasteiger partial charge is 0.274 e. The van der Waals surface area contributed by atoms with Gasteiger partial charge in [-0.3, -0.25) is 15.0 Å². The Hall–Kier alpha value is -1.50. The predicted octanol–water partition coefficient (Wildman–Crippen LogP) is 0.842. The largest absolute Gasteiger partial charge is 0.329 e. The van der Waals surface area contributed by atoms with Crippen LogP contribution in [0.2, 0.25) is 0 Å². The minimum absolute atomic E-state index is 0.0738. The van der Waals surface area contributed by atoms with Gasteiger partial charge in [-0.05, 0) is 7.05 Å². The van der Waals surface area contributed by atoms with E-state index in [2.05, 4.69) is 16.8 Å². The Morgan fingerprint density at radius 3 is 2.53 bits per heavy atom. The number of hydrogen-bond donors (Lipinski definition) is 1. The lowest BCUT2D eigenvalue weighted by atomic mass is 10.0. The molecule has 0 radical (unpaired) electrons. The van der Waals surface area contributed by atoms with Crippen molar-refractivity contribution >= 4 is 5.69 Å². The van der Waals surface area contributed by atoms with Crippen LogP contribution in [-0.4, -0.2) is 54.5 Å². The summed E-state index contributed by atoms with van der Waals surface area (Å²) in [7, 11) is 2.08. The van der Waals surface area contributed by atoms with Gasteiger partial charge in [0.05, 0.1) is 11.0 Å². The second-order valence-corrected chi connectivity index (χ2v) is 4.91. The maximum atomic E-state index is 11.1. The number of benzene rings is 1. The van der Waals surface area contributed by atoms with E-state index in [9.17, 15) is 10.1 Å². The quantitative estimate of drug-likeness (QED) is 0.644. The molecule has 1 saturated heterocycles. The summed E-state index contributed by atoms with van der Waals surface area (Å²) in [5, 5.41) is 11.1. The number of nitro benzene ring substituents is 1. The summed E-state index contributed by atoms with van der Waals surface area (Å²) in [4.78, 5) is 15.3. The van der Waals surface area contributed by atoms with Crippen LogP contribution in [0.5, 0.6) is 0 Å². The van der Waals surface area contributed by atoms with Crippen LogP contribution in [0.15, 0.2) is 24.3 Å². The first-order chi connectivity index (χ1) is 9.13. The van der Waals surface area contributed by atoms with Gasteiger partial charge in [-0.1, -0.05) is 18.2 Å². The second kappa shape index (κ2) is 6.10.